The summed E-state index contributed by atoms with van der Waals surface area (Å²) in [6.07, 6.45) is 2.53. The van der Waals surface area contributed by atoms with Gasteiger partial charge in [-0.15, -0.1) is 0 Å². The maximum Gasteiger partial charge on any atom is 0.326 e. The largest absolute Gasteiger partial charge is 0.480 e. The Morgan fingerprint density at radius 2 is 1.67 bits per heavy atom. The molecule has 30 heavy (non-hydrogen) atoms. The van der Waals surface area contributed by atoms with Gasteiger partial charge in [-0.2, -0.15) is 11.8 Å². The Labute approximate surface area is 180 Å². The molecule has 12 heteroatoms. The van der Waals surface area contributed by atoms with Crippen LogP contribution in [0, 0.1) is 5.92 Å². The van der Waals surface area contributed by atoms with Crippen molar-refractivity contribution in [2.24, 2.45) is 17.4 Å². The summed E-state index contributed by atoms with van der Waals surface area (Å²) in [4.78, 5) is 58.7. The minimum atomic E-state index is -1.32. The normalized spacial score (nSPS) is 14.7. The number of rotatable bonds is 15. The molecule has 0 aromatic rings. The third kappa shape index (κ3) is 11.0. The number of nitrogens with one attached hydrogen (secondary N) is 3. The number of nitrogens with two attached hydrogens (primary N) is 2. The topological polar surface area (TPSA) is 194 Å². The van der Waals surface area contributed by atoms with Gasteiger partial charge in [-0.25, -0.2) is 4.79 Å². The van der Waals surface area contributed by atoms with Crippen LogP contribution in [0.4, 0.5) is 0 Å². The number of hydrogen-bond donors (Lipinski definition) is 6. The van der Waals surface area contributed by atoms with E-state index >= 15 is 0 Å². The fourth-order valence-corrected chi connectivity index (χ4v) is 2.84. The quantitative estimate of drug-likeness (QED) is 0.175. The second-order valence-corrected chi connectivity index (χ2v) is 7.92. The molecule has 0 aliphatic carbocycles. The van der Waals surface area contributed by atoms with E-state index in [1.807, 2.05) is 20.1 Å². The Balaban J connectivity index is 4.82. The fraction of sp³-hybridized carbons (Fsp3) is 0.722. The van der Waals surface area contributed by atoms with Gasteiger partial charge < -0.3 is 32.5 Å². The van der Waals surface area contributed by atoms with Crippen LogP contribution < -0.4 is 27.4 Å². The maximum atomic E-state index is 12.5. The smallest absolute Gasteiger partial charge is 0.326 e. The van der Waals surface area contributed by atoms with Gasteiger partial charge >= 0.3 is 5.97 Å². The highest BCUT2D eigenvalue weighted by atomic mass is 32.2. The number of primary amides is 1. The van der Waals surface area contributed by atoms with E-state index < -0.39 is 54.3 Å². The minimum absolute atomic E-state index is 0.0617. The Morgan fingerprint density at radius 3 is 2.17 bits per heavy atom. The Hall–Kier alpha value is -2.34. The molecule has 172 valence electrons. The number of carboxylic acids is 1. The number of thioether (sulfide) groups is 1. The summed E-state index contributed by atoms with van der Waals surface area (Å²) in [5.41, 5.74) is 10.9. The Morgan fingerprint density at radius 1 is 1.03 bits per heavy atom. The Kier molecular flexibility index (Phi) is 13.5. The summed E-state index contributed by atoms with van der Waals surface area (Å²) in [6.45, 7) is 3.26. The van der Waals surface area contributed by atoms with Crippen LogP contribution in [0.5, 0.6) is 0 Å². The first-order valence-electron chi connectivity index (χ1n) is 9.66. The van der Waals surface area contributed by atoms with Crippen molar-refractivity contribution in [3.63, 3.8) is 0 Å². The molecule has 0 saturated carbocycles. The van der Waals surface area contributed by atoms with Gasteiger partial charge in [-0.05, 0) is 30.8 Å². The zero-order valence-electron chi connectivity index (χ0n) is 17.6. The van der Waals surface area contributed by atoms with Crippen LogP contribution in [0.25, 0.3) is 0 Å². The predicted molar refractivity (Wildman–Crippen MR) is 113 cm³/mol. The van der Waals surface area contributed by atoms with E-state index in [0.717, 1.165) is 0 Å². The van der Waals surface area contributed by atoms with E-state index in [0.29, 0.717) is 18.6 Å². The van der Waals surface area contributed by atoms with Crippen LogP contribution in [0.15, 0.2) is 0 Å². The maximum absolute atomic E-state index is 12.5. The molecule has 11 nitrogen and oxygen atoms in total. The molecule has 0 bridgehead atoms. The third-order valence-corrected chi connectivity index (χ3v) is 5.18. The van der Waals surface area contributed by atoms with Crippen LogP contribution in [-0.2, 0) is 24.0 Å². The van der Waals surface area contributed by atoms with E-state index in [1.54, 1.807) is 0 Å². The average Bonchev–Trinajstić information content (AvgIpc) is 2.70. The van der Waals surface area contributed by atoms with Crippen LogP contribution in [-0.4, -0.2) is 71.4 Å². The zero-order valence-corrected chi connectivity index (χ0v) is 18.4. The molecule has 0 aliphatic rings. The lowest BCUT2D eigenvalue weighted by molar-refractivity contribution is -0.142. The van der Waals surface area contributed by atoms with Gasteiger partial charge in [0.1, 0.15) is 12.1 Å². The monoisotopic (exact) mass is 447 g/mol. The van der Waals surface area contributed by atoms with Gasteiger partial charge in [0.25, 0.3) is 0 Å². The minimum Gasteiger partial charge on any atom is -0.480 e. The standard InChI is InChI=1S/C18H33N5O6S/c1-4-10(2)15(20)17(27)23-11(7-8-30-3)16(26)21-9-14(25)22-12(18(28)29)5-6-13(19)24/h10-12,15H,4-9,20H2,1-3H3,(H2,19,24)(H,21,26)(H,22,25)(H,23,27)(H,28,29). The van der Waals surface area contributed by atoms with Crippen LogP contribution in [0.2, 0.25) is 0 Å². The Bertz CT molecular complexity index is 618. The van der Waals surface area contributed by atoms with Gasteiger partial charge in [0.2, 0.25) is 23.6 Å². The molecule has 0 aromatic heterocycles. The highest BCUT2D eigenvalue weighted by molar-refractivity contribution is 7.98. The summed E-state index contributed by atoms with van der Waals surface area (Å²) >= 11 is 1.49. The molecule has 0 heterocycles. The van der Waals surface area contributed by atoms with Gasteiger partial charge in [-0.3, -0.25) is 19.2 Å². The van der Waals surface area contributed by atoms with Crippen molar-refractivity contribution in [1.82, 2.24) is 16.0 Å². The molecule has 4 unspecified atom stereocenters. The third-order valence-electron chi connectivity index (χ3n) is 4.54. The van der Waals surface area contributed by atoms with Gasteiger partial charge in [-0.1, -0.05) is 20.3 Å². The lowest BCUT2D eigenvalue weighted by Crippen LogP contribution is -2.54. The predicted octanol–water partition coefficient (Wildman–Crippen LogP) is -1.45. The van der Waals surface area contributed by atoms with E-state index in [4.69, 9.17) is 16.6 Å². The van der Waals surface area contributed by atoms with Crippen molar-refractivity contribution < 1.29 is 29.1 Å². The SMILES string of the molecule is CCC(C)C(N)C(=O)NC(CCSC)C(=O)NCC(=O)NC(CCC(N)=O)C(=O)O. The number of carbonyl (C=O) groups excluding carboxylic acids is 4. The summed E-state index contributed by atoms with van der Waals surface area (Å²) in [5.74, 6) is -3.25. The summed E-state index contributed by atoms with van der Waals surface area (Å²) in [7, 11) is 0. The molecule has 0 radical (unpaired) electrons. The zero-order chi connectivity index (χ0) is 23.3. The molecule has 4 amide bonds. The van der Waals surface area contributed by atoms with E-state index in [2.05, 4.69) is 16.0 Å². The first-order valence-corrected chi connectivity index (χ1v) is 11.1. The van der Waals surface area contributed by atoms with Crippen LogP contribution in [0.1, 0.15) is 39.5 Å². The highest BCUT2D eigenvalue weighted by Gasteiger charge is 2.26. The second-order valence-electron chi connectivity index (χ2n) is 6.94. The molecule has 0 aliphatic heterocycles. The number of aliphatic carboxylic acids is 1. The number of carboxylic acid groups (broad SMARTS) is 1. The molecule has 0 rings (SSSR count). The van der Waals surface area contributed by atoms with Gasteiger partial charge in [0.15, 0.2) is 0 Å². The van der Waals surface area contributed by atoms with E-state index in [1.165, 1.54) is 11.8 Å². The first-order chi connectivity index (χ1) is 14.0. The van der Waals surface area contributed by atoms with Crippen molar-refractivity contribution in [1.29, 1.82) is 0 Å². The second kappa shape index (κ2) is 14.6. The first kappa shape index (κ1) is 27.7. The highest BCUT2D eigenvalue weighted by Crippen LogP contribution is 2.07. The molecule has 8 N–H and O–H groups in total. The number of amides is 4. The lowest BCUT2D eigenvalue weighted by atomic mass is 9.99. The van der Waals surface area contributed by atoms with Crippen molar-refractivity contribution in [3.8, 4) is 0 Å². The van der Waals surface area contributed by atoms with Crippen LogP contribution in [0.3, 0.4) is 0 Å². The average molecular weight is 448 g/mol. The fourth-order valence-electron chi connectivity index (χ4n) is 2.36. The lowest BCUT2D eigenvalue weighted by Gasteiger charge is -2.23. The molecule has 0 spiro atoms. The number of carbonyl (C=O) groups is 5. The molecular weight excluding hydrogens is 414 g/mol. The molecular formula is C18H33N5O6S. The summed E-state index contributed by atoms with van der Waals surface area (Å²) < 4.78 is 0. The van der Waals surface area contributed by atoms with Crippen molar-refractivity contribution in [2.75, 3.05) is 18.6 Å². The molecule has 4 atom stereocenters. The van der Waals surface area contributed by atoms with Crippen LogP contribution >= 0.6 is 11.8 Å². The van der Waals surface area contributed by atoms with E-state index in [-0.39, 0.29) is 18.8 Å². The van der Waals surface area contributed by atoms with Crippen molar-refractivity contribution >= 4 is 41.4 Å². The number of hydrogen-bond acceptors (Lipinski definition) is 7. The molecule has 0 fully saturated rings. The van der Waals surface area contributed by atoms with Gasteiger partial charge in [0, 0.05) is 6.42 Å². The summed E-state index contributed by atoms with van der Waals surface area (Å²) in [5, 5.41) is 16.3. The molecule has 0 saturated heterocycles. The summed E-state index contributed by atoms with van der Waals surface area (Å²) in [6, 6.07) is -2.94. The molecule has 0 aromatic carbocycles. The van der Waals surface area contributed by atoms with E-state index in [9.17, 15) is 24.0 Å². The van der Waals surface area contributed by atoms with Crippen molar-refractivity contribution in [3.05, 3.63) is 0 Å². The van der Waals surface area contributed by atoms with Gasteiger partial charge in [0.05, 0.1) is 12.6 Å². The van der Waals surface area contributed by atoms with Crippen molar-refractivity contribution in [2.45, 2.75) is 57.7 Å².